The van der Waals surface area contributed by atoms with Crippen LogP contribution in [-0.2, 0) is 4.43 Å². The van der Waals surface area contributed by atoms with Gasteiger partial charge in [0.2, 0.25) is 0 Å². The smallest absolute Gasteiger partial charge is 0.260 e. The Balaban J connectivity index is 2.61. The first-order chi connectivity index (χ1) is 10.8. The maximum absolute atomic E-state index is 6.58. The molecule has 2 heteroatoms. The third-order valence-corrected chi connectivity index (χ3v) is 7.78. The molecule has 0 radical (unpaired) electrons. The van der Waals surface area contributed by atoms with Crippen LogP contribution in [0.4, 0.5) is 0 Å². The van der Waals surface area contributed by atoms with Gasteiger partial charge in [-0.2, -0.15) is 0 Å². The Hall–Kier alpha value is -2.16. The fourth-order valence-corrected chi connectivity index (χ4v) is 6.33. The van der Waals surface area contributed by atoms with Crippen LogP contribution in [0.15, 0.2) is 98.6 Å². The van der Waals surface area contributed by atoms with Crippen LogP contribution >= 0.6 is 0 Å². The van der Waals surface area contributed by atoms with E-state index in [4.69, 9.17) is 4.43 Å². The topological polar surface area (TPSA) is 9.23 Å². The highest BCUT2D eigenvalue weighted by Crippen LogP contribution is 2.17. The zero-order chi connectivity index (χ0) is 15.8. The largest absolute Gasteiger partial charge is 0.398 e. The van der Waals surface area contributed by atoms with E-state index in [1.807, 2.05) is 18.2 Å². The van der Waals surface area contributed by atoms with Gasteiger partial charge in [-0.05, 0) is 16.4 Å². The number of rotatable bonds is 8. The number of benzene rings is 2. The number of hydrogen-bond donors (Lipinski definition) is 0. The van der Waals surface area contributed by atoms with Gasteiger partial charge in [-0.15, -0.1) is 19.7 Å². The van der Waals surface area contributed by atoms with Crippen molar-refractivity contribution in [1.82, 2.24) is 0 Å². The molecule has 0 amide bonds. The first kappa shape index (κ1) is 16.2. The predicted octanol–water partition coefficient (Wildman–Crippen LogP) is 3.69. The van der Waals surface area contributed by atoms with Crippen molar-refractivity contribution < 1.29 is 4.43 Å². The molecule has 2 rings (SSSR count). The molecule has 0 N–H and O–H groups in total. The summed E-state index contributed by atoms with van der Waals surface area (Å²) in [6.45, 7) is 11.7. The van der Waals surface area contributed by atoms with Gasteiger partial charge in [-0.25, -0.2) is 0 Å². The quantitative estimate of drug-likeness (QED) is 0.534. The number of hydrogen-bond acceptors (Lipinski definition) is 1. The van der Waals surface area contributed by atoms with Crippen molar-refractivity contribution in [2.75, 3.05) is 0 Å². The molecule has 1 nitrogen and oxygen atoms in total. The van der Waals surface area contributed by atoms with E-state index >= 15 is 0 Å². The molecule has 0 fully saturated rings. The van der Waals surface area contributed by atoms with Gasteiger partial charge in [0.1, 0.15) is 0 Å². The summed E-state index contributed by atoms with van der Waals surface area (Å²) < 4.78 is 6.58. The van der Waals surface area contributed by atoms with Crippen molar-refractivity contribution in [3.63, 3.8) is 0 Å². The van der Waals surface area contributed by atoms with E-state index in [-0.39, 0.29) is 6.10 Å². The first-order valence-corrected chi connectivity index (χ1v) is 9.53. The lowest BCUT2D eigenvalue weighted by Gasteiger charge is -2.34. The summed E-state index contributed by atoms with van der Waals surface area (Å²) in [5.41, 5.74) is 0. The van der Waals surface area contributed by atoms with Crippen LogP contribution in [0, 0.1) is 0 Å². The highest BCUT2D eigenvalue weighted by atomic mass is 28.4. The molecular formula is C20H22OSi. The van der Waals surface area contributed by atoms with Crippen LogP contribution in [0.25, 0.3) is 0 Å². The Morgan fingerprint density at radius 2 is 1.27 bits per heavy atom. The van der Waals surface area contributed by atoms with Gasteiger partial charge >= 0.3 is 0 Å². The molecule has 0 saturated heterocycles. The molecule has 0 aliphatic carbocycles. The Bertz CT molecular complexity index is 571. The van der Waals surface area contributed by atoms with E-state index < -0.39 is 8.32 Å². The fraction of sp³-hybridized carbons (Fsp3) is 0.100. The van der Waals surface area contributed by atoms with E-state index in [0.717, 1.165) is 6.04 Å². The predicted molar refractivity (Wildman–Crippen MR) is 98.2 cm³/mol. The molecule has 0 aromatic heterocycles. The summed E-state index contributed by atoms with van der Waals surface area (Å²) in [6.07, 6.45) is 5.37. The lowest BCUT2D eigenvalue weighted by molar-refractivity contribution is 0.296. The Morgan fingerprint density at radius 1 is 0.818 bits per heavy atom. The van der Waals surface area contributed by atoms with Crippen LogP contribution in [0.3, 0.4) is 0 Å². The standard InChI is InChI=1S/C20H22OSi/c1-4-17-22(21-18(5-2)6-3,19-13-9-7-10-14-19)20-15-11-8-12-16-20/h4-16,18H,1-3,17H2. The average Bonchev–Trinajstić information content (AvgIpc) is 2.60. The summed E-state index contributed by atoms with van der Waals surface area (Å²) in [7, 11) is -2.41. The van der Waals surface area contributed by atoms with Crippen molar-refractivity contribution in [2.24, 2.45) is 0 Å². The Kier molecular flexibility index (Phi) is 5.70. The lowest BCUT2D eigenvalue weighted by atomic mass is 10.4. The van der Waals surface area contributed by atoms with Crippen molar-refractivity contribution in [3.05, 3.63) is 98.6 Å². The molecule has 0 unspecified atom stereocenters. The zero-order valence-corrected chi connectivity index (χ0v) is 13.8. The molecule has 22 heavy (non-hydrogen) atoms. The second kappa shape index (κ2) is 7.73. The van der Waals surface area contributed by atoms with Crippen LogP contribution in [0.1, 0.15) is 0 Å². The van der Waals surface area contributed by atoms with Gasteiger partial charge < -0.3 is 4.43 Å². The second-order valence-electron chi connectivity index (χ2n) is 5.11. The molecule has 0 saturated carbocycles. The first-order valence-electron chi connectivity index (χ1n) is 7.41. The third-order valence-electron chi connectivity index (χ3n) is 3.71. The van der Waals surface area contributed by atoms with Crippen LogP contribution in [0.2, 0.25) is 6.04 Å². The monoisotopic (exact) mass is 306 g/mol. The van der Waals surface area contributed by atoms with E-state index in [1.165, 1.54) is 10.4 Å². The van der Waals surface area contributed by atoms with E-state index in [0.29, 0.717) is 0 Å². The highest BCUT2D eigenvalue weighted by Gasteiger charge is 2.39. The van der Waals surface area contributed by atoms with Crippen LogP contribution in [-0.4, -0.2) is 14.4 Å². The van der Waals surface area contributed by atoms with Gasteiger partial charge in [-0.1, -0.05) is 78.9 Å². The summed E-state index contributed by atoms with van der Waals surface area (Å²) in [5, 5.41) is 2.46. The van der Waals surface area contributed by atoms with E-state index in [1.54, 1.807) is 12.2 Å². The molecule has 2 aromatic carbocycles. The minimum absolute atomic E-state index is 0.174. The normalized spacial score (nSPS) is 11.1. The molecular weight excluding hydrogens is 284 g/mol. The highest BCUT2D eigenvalue weighted by molar-refractivity contribution is 6.97. The zero-order valence-electron chi connectivity index (χ0n) is 12.8. The molecule has 0 aliphatic rings. The Morgan fingerprint density at radius 3 is 1.64 bits per heavy atom. The van der Waals surface area contributed by atoms with Crippen LogP contribution in [0.5, 0.6) is 0 Å². The minimum Gasteiger partial charge on any atom is -0.398 e. The van der Waals surface area contributed by atoms with E-state index in [9.17, 15) is 0 Å². The molecule has 112 valence electrons. The average molecular weight is 306 g/mol. The van der Waals surface area contributed by atoms with Crippen LogP contribution < -0.4 is 10.4 Å². The summed E-state index contributed by atoms with van der Waals surface area (Å²) in [6, 6.07) is 21.7. The van der Waals surface area contributed by atoms with Gasteiger partial charge in [0.15, 0.2) is 0 Å². The van der Waals surface area contributed by atoms with Gasteiger partial charge in [0.25, 0.3) is 8.32 Å². The molecule has 0 bridgehead atoms. The van der Waals surface area contributed by atoms with Crippen molar-refractivity contribution in [1.29, 1.82) is 0 Å². The SMILES string of the molecule is C=CC[Si](OC(C=C)C=C)(c1ccccc1)c1ccccc1. The second-order valence-corrected chi connectivity index (χ2v) is 8.56. The maximum Gasteiger partial charge on any atom is 0.260 e. The molecule has 0 atom stereocenters. The summed E-state index contributed by atoms with van der Waals surface area (Å²) >= 11 is 0. The maximum atomic E-state index is 6.58. The van der Waals surface area contributed by atoms with Crippen molar-refractivity contribution in [3.8, 4) is 0 Å². The van der Waals surface area contributed by atoms with Gasteiger partial charge in [0, 0.05) is 0 Å². The minimum atomic E-state index is -2.41. The molecule has 2 aromatic rings. The van der Waals surface area contributed by atoms with Crippen molar-refractivity contribution >= 4 is 18.7 Å². The summed E-state index contributed by atoms with van der Waals surface area (Å²) in [5.74, 6) is 0. The third kappa shape index (κ3) is 3.35. The molecule has 0 aliphatic heterocycles. The molecule has 0 spiro atoms. The van der Waals surface area contributed by atoms with Gasteiger partial charge in [0.05, 0.1) is 6.10 Å². The van der Waals surface area contributed by atoms with Gasteiger partial charge in [-0.3, -0.25) is 0 Å². The number of allylic oxidation sites excluding steroid dienone is 1. The molecule has 0 heterocycles. The lowest BCUT2D eigenvalue weighted by Crippen LogP contribution is -2.61. The Labute approximate surface area is 134 Å². The van der Waals surface area contributed by atoms with E-state index in [2.05, 4.69) is 68.3 Å². The fourth-order valence-electron chi connectivity index (χ4n) is 2.63. The van der Waals surface area contributed by atoms with Crippen molar-refractivity contribution in [2.45, 2.75) is 12.1 Å². The summed E-state index contributed by atoms with van der Waals surface area (Å²) in [4.78, 5) is 0.